The van der Waals surface area contributed by atoms with Crippen molar-refractivity contribution >= 4 is 5.69 Å². The van der Waals surface area contributed by atoms with Crippen molar-refractivity contribution in [3.63, 3.8) is 0 Å². The molecule has 0 amide bonds. The number of halogens is 1. The first kappa shape index (κ1) is 21.5. The molecule has 1 N–H and O–H groups in total. The highest BCUT2D eigenvalue weighted by Gasteiger charge is 2.21. The Morgan fingerprint density at radius 2 is 1.32 bits per heavy atom. The van der Waals surface area contributed by atoms with Crippen LogP contribution in [-0.2, 0) is 4.74 Å². The van der Waals surface area contributed by atoms with Gasteiger partial charge in [-0.25, -0.2) is 4.39 Å². The molecule has 0 saturated carbocycles. The van der Waals surface area contributed by atoms with E-state index < -0.39 is 6.10 Å². The number of ether oxygens (including phenoxy) is 1. The third-order valence-corrected chi connectivity index (χ3v) is 5.69. The Kier molecular flexibility index (Phi) is 7.30. The highest BCUT2D eigenvalue weighted by atomic mass is 19.1. The average Bonchev–Trinajstić information content (AvgIpc) is 2.82. The van der Waals surface area contributed by atoms with E-state index in [1.165, 1.54) is 12.1 Å². The van der Waals surface area contributed by atoms with Gasteiger partial charge in [0.25, 0.3) is 0 Å². The summed E-state index contributed by atoms with van der Waals surface area (Å²) < 4.78 is 19.3. The molecule has 1 heterocycles. The van der Waals surface area contributed by atoms with Crippen LogP contribution in [0.2, 0.25) is 0 Å². The van der Waals surface area contributed by atoms with Gasteiger partial charge in [-0.15, -0.1) is 0 Å². The lowest BCUT2D eigenvalue weighted by Gasteiger charge is -2.37. The van der Waals surface area contributed by atoms with Crippen molar-refractivity contribution in [2.75, 3.05) is 44.2 Å². The third-order valence-electron chi connectivity index (χ3n) is 5.69. The molecule has 0 unspecified atom stereocenters. The van der Waals surface area contributed by atoms with Gasteiger partial charge >= 0.3 is 0 Å². The van der Waals surface area contributed by atoms with Crippen LogP contribution < -0.4 is 4.90 Å². The van der Waals surface area contributed by atoms with Crippen molar-refractivity contribution in [2.45, 2.75) is 12.2 Å². The molecule has 3 aromatic rings. The minimum atomic E-state index is -0.563. The molecular weight excluding hydrogens is 391 g/mol. The lowest BCUT2D eigenvalue weighted by atomic mass is 10.0. The highest BCUT2D eigenvalue weighted by Crippen LogP contribution is 2.26. The molecule has 1 aliphatic rings. The molecule has 4 nitrogen and oxygen atoms in total. The topological polar surface area (TPSA) is 35.9 Å². The molecule has 0 aliphatic carbocycles. The van der Waals surface area contributed by atoms with Gasteiger partial charge in [0.2, 0.25) is 0 Å². The lowest BCUT2D eigenvalue weighted by Crippen LogP contribution is -2.49. The number of piperazine rings is 1. The number of hydrogen-bond donors (Lipinski definition) is 1. The molecule has 0 spiro atoms. The number of nitrogens with zero attached hydrogens (tertiary/aromatic N) is 2. The molecule has 162 valence electrons. The Labute approximate surface area is 183 Å². The zero-order valence-electron chi connectivity index (χ0n) is 17.6. The van der Waals surface area contributed by atoms with Crippen LogP contribution >= 0.6 is 0 Å². The fraction of sp³-hybridized carbons (Fsp3) is 0.308. The molecule has 5 heteroatoms. The number of aliphatic hydroxyl groups excluding tert-OH is 1. The van der Waals surface area contributed by atoms with Gasteiger partial charge in [-0.3, -0.25) is 4.90 Å². The molecule has 31 heavy (non-hydrogen) atoms. The third kappa shape index (κ3) is 5.91. The van der Waals surface area contributed by atoms with E-state index in [0.717, 1.165) is 43.0 Å². The van der Waals surface area contributed by atoms with Crippen LogP contribution in [-0.4, -0.2) is 55.4 Å². The second-order valence-electron chi connectivity index (χ2n) is 7.95. The molecule has 1 fully saturated rings. The molecule has 1 atom stereocenters. The van der Waals surface area contributed by atoms with Crippen molar-refractivity contribution in [2.24, 2.45) is 0 Å². The van der Waals surface area contributed by atoms with Gasteiger partial charge in [0.15, 0.2) is 0 Å². The molecule has 4 rings (SSSR count). The molecule has 0 bridgehead atoms. The number of aliphatic hydroxyl groups is 1. The van der Waals surface area contributed by atoms with E-state index in [1.54, 1.807) is 0 Å². The molecule has 0 radical (unpaired) electrons. The van der Waals surface area contributed by atoms with E-state index >= 15 is 0 Å². The van der Waals surface area contributed by atoms with Crippen LogP contribution in [0.4, 0.5) is 10.1 Å². The highest BCUT2D eigenvalue weighted by molar-refractivity contribution is 5.46. The number of β-amino-alcohol motifs (C(OH)–C–C–N with tert-alkyl or cyclic N) is 1. The van der Waals surface area contributed by atoms with Crippen molar-refractivity contribution in [1.29, 1.82) is 0 Å². The lowest BCUT2D eigenvalue weighted by molar-refractivity contribution is -0.00893. The maximum atomic E-state index is 13.1. The molecule has 0 aromatic heterocycles. The van der Waals surface area contributed by atoms with Crippen LogP contribution in [0.1, 0.15) is 17.2 Å². The Morgan fingerprint density at radius 3 is 1.87 bits per heavy atom. The smallest absolute Gasteiger partial charge is 0.123 e. The van der Waals surface area contributed by atoms with Crippen LogP contribution in [0.25, 0.3) is 0 Å². The Bertz CT molecular complexity index is 874. The summed E-state index contributed by atoms with van der Waals surface area (Å²) in [5, 5.41) is 10.6. The van der Waals surface area contributed by atoms with Gasteiger partial charge in [-0.2, -0.15) is 0 Å². The zero-order chi connectivity index (χ0) is 21.5. The monoisotopic (exact) mass is 420 g/mol. The quantitative estimate of drug-likeness (QED) is 0.595. The van der Waals surface area contributed by atoms with E-state index in [2.05, 4.69) is 34.1 Å². The van der Waals surface area contributed by atoms with E-state index in [1.807, 2.05) is 48.5 Å². The van der Waals surface area contributed by atoms with Crippen LogP contribution in [0, 0.1) is 5.82 Å². The molecule has 1 aliphatic heterocycles. The summed E-state index contributed by atoms with van der Waals surface area (Å²) in [5.41, 5.74) is 3.20. The second kappa shape index (κ2) is 10.5. The maximum Gasteiger partial charge on any atom is 0.123 e. The zero-order valence-corrected chi connectivity index (χ0v) is 17.6. The summed E-state index contributed by atoms with van der Waals surface area (Å²) in [5.74, 6) is -0.213. The minimum Gasteiger partial charge on any atom is -0.389 e. The van der Waals surface area contributed by atoms with E-state index in [0.29, 0.717) is 6.54 Å². The first-order valence-electron chi connectivity index (χ1n) is 10.8. The fourth-order valence-electron chi connectivity index (χ4n) is 4.04. The summed E-state index contributed by atoms with van der Waals surface area (Å²) >= 11 is 0. The predicted octanol–water partition coefficient (Wildman–Crippen LogP) is 4.11. The second-order valence-corrected chi connectivity index (χ2v) is 7.95. The summed E-state index contributed by atoms with van der Waals surface area (Å²) in [6, 6.07) is 26.9. The largest absolute Gasteiger partial charge is 0.389 e. The van der Waals surface area contributed by atoms with Crippen molar-refractivity contribution in [3.05, 3.63) is 102 Å². The first-order valence-corrected chi connectivity index (χ1v) is 10.8. The number of hydrogen-bond acceptors (Lipinski definition) is 4. The number of benzene rings is 3. The van der Waals surface area contributed by atoms with Crippen molar-refractivity contribution in [3.8, 4) is 0 Å². The molecular formula is C26H29FN2O2. The van der Waals surface area contributed by atoms with Gasteiger partial charge in [0, 0.05) is 38.4 Å². The van der Waals surface area contributed by atoms with Crippen LogP contribution in [0.3, 0.4) is 0 Å². The normalized spacial score (nSPS) is 15.9. The Hall–Kier alpha value is -2.73. The summed E-state index contributed by atoms with van der Waals surface area (Å²) in [7, 11) is 0. The summed E-state index contributed by atoms with van der Waals surface area (Å²) in [6.45, 7) is 4.27. The Morgan fingerprint density at radius 1 is 0.774 bits per heavy atom. The van der Waals surface area contributed by atoms with Crippen molar-refractivity contribution < 1.29 is 14.2 Å². The van der Waals surface area contributed by atoms with Crippen LogP contribution in [0.5, 0.6) is 0 Å². The average molecular weight is 421 g/mol. The molecule has 1 saturated heterocycles. The van der Waals surface area contributed by atoms with E-state index in [9.17, 15) is 9.50 Å². The number of rotatable bonds is 8. The maximum absolute atomic E-state index is 13.1. The Balaban J connectivity index is 1.29. The van der Waals surface area contributed by atoms with E-state index in [4.69, 9.17) is 4.74 Å². The van der Waals surface area contributed by atoms with Crippen LogP contribution in [0.15, 0.2) is 84.9 Å². The predicted molar refractivity (Wildman–Crippen MR) is 122 cm³/mol. The first-order chi connectivity index (χ1) is 15.2. The van der Waals surface area contributed by atoms with Gasteiger partial charge in [0.1, 0.15) is 11.9 Å². The van der Waals surface area contributed by atoms with Crippen molar-refractivity contribution in [1.82, 2.24) is 4.90 Å². The summed E-state index contributed by atoms with van der Waals surface area (Å²) in [6.07, 6.45) is -0.764. The fourth-order valence-corrected chi connectivity index (χ4v) is 4.04. The standard InChI is InChI=1S/C26H29FN2O2/c27-23-11-13-24(14-12-23)29-17-15-28(16-18-29)19-25(30)20-31-26(21-7-3-1-4-8-21)22-9-5-2-6-10-22/h1-14,25-26,30H,15-20H2/t25-/m1/s1. The molecule has 3 aromatic carbocycles. The van der Waals surface area contributed by atoms with Gasteiger partial charge < -0.3 is 14.7 Å². The van der Waals surface area contributed by atoms with Gasteiger partial charge in [0.05, 0.1) is 12.7 Å². The SMILES string of the molecule is O[C@@H](COC(c1ccccc1)c1ccccc1)CN1CCN(c2ccc(F)cc2)CC1. The van der Waals surface area contributed by atoms with E-state index in [-0.39, 0.29) is 18.5 Å². The van der Waals surface area contributed by atoms with Gasteiger partial charge in [-0.1, -0.05) is 60.7 Å². The minimum absolute atomic E-state index is 0.202. The van der Waals surface area contributed by atoms with Gasteiger partial charge in [-0.05, 0) is 35.4 Å². The number of anilines is 1. The summed E-state index contributed by atoms with van der Waals surface area (Å²) in [4.78, 5) is 4.51.